The van der Waals surface area contributed by atoms with Crippen LogP contribution in [0.15, 0.2) is 54.6 Å². The van der Waals surface area contributed by atoms with Crippen LogP contribution >= 0.6 is 0 Å². The van der Waals surface area contributed by atoms with Crippen LogP contribution in [0.2, 0.25) is 0 Å². The molecular formula is C30H36N6O5. The molecule has 6 rings (SSSR count). The molecule has 3 amide bonds. The summed E-state index contributed by atoms with van der Waals surface area (Å²) >= 11 is 0. The van der Waals surface area contributed by atoms with E-state index in [2.05, 4.69) is 20.9 Å². The highest BCUT2D eigenvalue weighted by atomic mass is 16.5. The molecule has 2 unspecified atom stereocenters. The molecule has 41 heavy (non-hydrogen) atoms. The number of likely N-dealkylation sites (tertiary alicyclic amines) is 1. The Morgan fingerprint density at radius 2 is 1.85 bits per heavy atom. The van der Waals surface area contributed by atoms with Gasteiger partial charge < -0.3 is 25.4 Å². The minimum absolute atomic E-state index is 0.0526. The third-order valence-electron chi connectivity index (χ3n) is 8.77. The number of carbonyl (C=O) groups excluding carboxylic acids is 3. The van der Waals surface area contributed by atoms with Crippen LogP contribution < -0.4 is 10.6 Å². The van der Waals surface area contributed by atoms with E-state index in [0.29, 0.717) is 31.3 Å². The first-order valence-electron chi connectivity index (χ1n) is 14.3. The lowest BCUT2D eigenvalue weighted by molar-refractivity contribution is -0.146. The molecule has 2 bridgehead atoms. The van der Waals surface area contributed by atoms with Crippen molar-refractivity contribution < 1.29 is 24.2 Å². The standard InChI is InChI=1S/C30H36N6O5/c1-18(2)14-20(16-37)36-26(28(39)32-17-35-22-11-7-6-10-21(22)33-34-35)30-13-12-23(41-30)24(25(30)29(36)40)27(38)31-15-19-8-4-3-5-9-19/h3-11,18,20,23-26,37H,12-17H2,1-2H3,(H,31,38)(H,32,39)/t20-,23+,24-,25+,26?,30?/m1/s1. The molecule has 1 spiro atoms. The molecule has 3 fully saturated rings. The van der Waals surface area contributed by atoms with Crippen molar-refractivity contribution in [3.63, 3.8) is 0 Å². The van der Waals surface area contributed by atoms with Gasteiger partial charge in [-0.3, -0.25) is 14.4 Å². The van der Waals surface area contributed by atoms with Crippen LogP contribution in [0.1, 0.15) is 38.7 Å². The van der Waals surface area contributed by atoms with Gasteiger partial charge in [-0.05, 0) is 42.9 Å². The monoisotopic (exact) mass is 560 g/mol. The number of aliphatic hydroxyl groups is 1. The van der Waals surface area contributed by atoms with E-state index >= 15 is 0 Å². The molecule has 1 aromatic heterocycles. The Morgan fingerprint density at radius 1 is 1.10 bits per heavy atom. The van der Waals surface area contributed by atoms with Crippen molar-refractivity contribution in [3.8, 4) is 0 Å². The van der Waals surface area contributed by atoms with Crippen molar-refractivity contribution in [2.45, 2.75) is 70.1 Å². The number of para-hydroxylation sites is 1. The first-order valence-corrected chi connectivity index (χ1v) is 14.3. The zero-order valence-corrected chi connectivity index (χ0v) is 23.3. The number of fused-ring (bicyclic) bond motifs is 2. The molecule has 6 atom stereocenters. The van der Waals surface area contributed by atoms with E-state index in [0.717, 1.165) is 11.1 Å². The number of aliphatic hydroxyl groups excluding tert-OH is 1. The van der Waals surface area contributed by atoms with Crippen molar-refractivity contribution >= 4 is 28.8 Å². The van der Waals surface area contributed by atoms with E-state index in [1.165, 1.54) is 4.90 Å². The summed E-state index contributed by atoms with van der Waals surface area (Å²) in [5.74, 6) is -2.30. The second-order valence-electron chi connectivity index (χ2n) is 11.7. The number of carbonyl (C=O) groups is 3. The van der Waals surface area contributed by atoms with Crippen molar-refractivity contribution in [1.82, 2.24) is 30.5 Å². The van der Waals surface area contributed by atoms with Crippen LogP contribution in [-0.2, 0) is 32.3 Å². The summed E-state index contributed by atoms with van der Waals surface area (Å²) in [6.07, 6.45) is 1.12. The summed E-state index contributed by atoms with van der Waals surface area (Å²) < 4.78 is 8.10. The van der Waals surface area contributed by atoms with Gasteiger partial charge in [-0.2, -0.15) is 0 Å². The highest BCUT2D eigenvalue weighted by molar-refractivity contribution is 5.99. The van der Waals surface area contributed by atoms with E-state index in [1.807, 2.05) is 68.4 Å². The van der Waals surface area contributed by atoms with E-state index < -0.39 is 41.5 Å². The molecule has 3 aromatic rings. The lowest BCUT2D eigenvalue weighted by atomic mass is 9.70. The summed E-state index contributed by atoms with van der Waals surface area (Å²) in [4.78, 5) is 43.3. The zero-order valence-electron chi connectivity index (χ0n) is 23.3. The number of benzene rings is 2. The van der Waals surface area contributed by atoms with Crippen LogP contribution in [0.4, 0.5) is 0 Å². The molecule has 216 valence electrons. The topological polar surface area (TPSA) is 139 Å². The normalized spacial score (nSPS) is 27.4. The number of hydrogen-bond donors (Lipinski definition) is 3. The lowest BCUT2D eigenvalue weighted by Crippen LogP contribution is -2.58. The Bertz CT molecular complexity index is 1440. The van der Waals surface area contributed by atoms with Crippen molar-refractivity contribution in [1.29, 1.82) is 0 Å². The zero-order chi connectivity index (χ0) is 28.7. The molecule has 3 aliphatic rings. The summed E-state index contributed by atoms with van der Waals surface area (Å²) in [6.45, 7) is 4.11. The molecular weight excluding hydrogens is 524 g/mol. The summed E-state index contributed by atoms with van der Waals surface area (Å²) in [6, 6.07) is 15.5. The van der Waals surface area contributed by atoms with Gasteiger partial charge in [-0.15, -0.1) is 5.10 Å². The maximum absolute atomic E-state index is 14.2. The van der Waals surface area contributed by atoms with Gasteiger partial charge in [0.2, 0.25) is 17.7 Å². The number of ether oxygens (including phenoxy) is 1. The Balaban J connectivity index is 1.29. The number of nitrogens with zero attached hydrogens (tertiary/aromatic N) is 4. The predicted octanol–water partition coefficient (Wildman–Crippen LogP) is 1.60. The Kier molecular flexibility index (Phi) is 7.25. The van der Waals surface area contributed by atoms with Crippen molar-refractivity contribution in [2.75, 3.05) is 6.61 Å². The van der Waals surface area contributed by atoms with Gasteiger partial charge >= 0.3 is 0 Å². The third-order valence-corrected chi connectivity index (χ3v) is 8.77. The maximum atomic E-state index is 14.2. The van der Waals surface area contributed by atoms with Crippen molar-refractivity contribution in [2.24, 2.45) is 17.8 Å². The van der Waals surface area contributed by atoms with Gasteiger partial charge in [-0.25, -0.2) is 4.68 Å². The van der Waals surface area contributed by atoms with E-state index in [9.17, 15) is 19.5 Å². The number of nitrogens with one attached hydrogen (secondary N) is 2. The Morgan fingerprint density at radius 3 is 2.61 bits per heavy atom. The van der Waals surface area contributed by atoms with Gasteiger partial charge in [0.15, 0.2) is 0 Å². The van der Waals surface area contributed by atoms with Gasteiger partial charge in [0.1, 0.15) is 23.8 Å². The minimum atomic E-state index is -1.14. The molecule has 3 N–H and O–H groups in total. The molecule has 3 saturated heterocycles. The average Bonchev–Trinajstić information content (AvgIpc) is 3.73. The van der Waals surface area contributed by atoms with E-state index in [-0.39, 0.29) is 31.0 Å². The molecule has 2 aromatic carbocycles. The van der Waals surface area contributed by atoms with Crippen LogP contribution in [0.5, 0.6) is 0 Å². The largest absolute Gasteiger partial charge is 0.394 e. The quantitative estimate of drug-likeness (QED) is 0.342. The molecule has 11 nitrogen and oxygen atoms in total. The molecule has 4 heterocycles. The number of amides is 3. The number of hydrogen-bond acceptors (Lipinski definition) is 7. The SMILES string of the molecule is CC(C)C[C@H](CO)N1C(=O)[C@@H]2[C@H](C(=O)NCc3ccccc3)[C@@H]3CCC2(O3)C1C(=O)NCn1nnc2ccccc21. The molecule has 11 heteroatoms. The lowest BCUT2D eigenvalue weighted by Gasteiger charge is -2.37. The highest BCUT2D eigenvalue weighted by Gasteiger charge is 2.75. The number of aromatic nitrogens is 3. The maximum Gasteiger partial charge on any atom is 0.247 e. The van der Waals surface area contributed by atoms with Crippen molar-refractivity contribution in [3.05, 3.63) is 60.2 Å². The Labute approximate surface area is 238 Å². The Hall–Kier alpha value is -3.83. The van der Waals surface area contributed by atoms with E-state index in [4.69, 9.17) is 4.74 Å². The van der Waals surface area contributed by atoms with Crippen LogP contribution in [0.3, 0.4) is 0 Å². The molecule has 0 aliphatic carbocycles. The first-order chi connectivity index (χ1) is 19.8. The average molecular weight is 561 g/mol. The van der Waals surface area contributed by atoms with E-state index in [1.54, 1.807) is 4.68 Å². The van der Waals surface area contributed by atoms with Gasteiger partial charge in [0, 0.05) is 6.54 Å². The molecule has 0 saturated carbocycles. The fourth-order valence-corrected chi connectivity index (χ4v) is 7.09. The fraction of sp³-hybridized carbons (Fsp3) is 0.500. The second-order valence-corrected chi connectivity index (χ2v) is 11.7. The molecule has 3 aliphatic heterocycles. The van der Waals surface area contributed by atoms with Crippen LogP contribution in [0.25, 0.3) is 11.0 Å². The molecule has 0 radical (unpaired) electrons. The summed E-state index contributed by atoms with van der Waals surface area (Å²) in [7, 11) is 0. The summed E-state index contributed by atoms with van der Waals surface area (Å²) in [5, 5.41) is 24.6. The third kappa shape index (κ3) is 4.66. The van der Waals surface area contributed by atoms with Gasteiger partial charge in [0.05, 0.1) is 36.1 Å². The second kappa shape index (κ2) is 10.9. The van der Waals surface area contributed by atoms with Crippen LogP contribution in [-0.4, -0.2) is 73.1 Å². The minimum Gasteiger partial charge on any atom is -0.394 e. The smallest absolute Gasteiger partial charge is 0.247 e. The highest BCUT2D eigenvalue weighted by Crippen LogP contribution is 2.58. The fourth-order valence-electron chi connectivity index (χ4n) is 7.09. The number of rotatable bonds is 10. The predicted molar refractivity (Wildman–Crippen MR) is 149 cm³/mol. The van der Waals surface area contributed by atoms with Gasteiger partial charge in [-0.1, -0.05) is 61.5 Å². The summed E-state index contributed by atoms with van der Waals surface area (Å²) in [5.41, 5.74) is 1.28. The first kappa shape index (κ1) is 27.3. The van der Waals surface area contributed by atoms with Gasteiger partial charge in [0.25, 0.3) is 0 Å². The van der Waals surface area contributed by atoms with Crippen LogP contribution in [0, 0.1) is 17.8 Å².